The van der Waals surface area contributed by atoms with Gasteiger partial charge in [0.05, 0.1) is 18.0 Å². The molecule has 180 valence electrons. The molecule has 7 nitrogen and oxygen atoms in total. The predicted molar refractivity (Wildman–Crippen MR) is 117 cm³/mol. The Kier molecular flexibility index (Phi) is 4.43. The first-order valence-electron chi connectivity index (χ1n) is 12.4. The third-order valence-corrected chi connectivity index (χ3v) is 10.6. The van der Waals surface area contributed by atoms with Crippen LogP contribution in [0.15, 0.2) is 27.6 Å². The van der Waals surface area contributed by atoms with Gasteiger partial charge in [-0.1, -0.05) is 13.8 Å². The van der Waals surface area contributed by atoms with Crippen molar-refractivity contribution in [2.75, 3.05) is 0 Å². The van der Waals surface area contributed by atoms with Crippen LogP contribution in [-0.2, 0) is 14.3 Å². The summed E-state index contributed by atoms with van der Waals surface area (Å²) in [6.45, 7) is 5.89. The summed E-state index contributed by atoms with van der Waals surface area (Å²) in [6, 6.07) is 3.23. The van der Waals surface area contributed by atoms with E-state index in [1.54, 1.807) is 6.07 Å². The van der Waals surface area contributed by atoms with Gasteiger partial charge in [0.25, 0.3) is 0 Å². The van der Waals surface area contributed by atoms with Crippen LogP contribution in [0.1, 0.15) is 77.2 Å². The van der Waals surface area contributed by atoms with Crippen LogP contribution in [0.25, 0.3) is 0 Å². The van der Waals surface area contributed by atoms with Crippen molar-refractivity contribution in [1.29, 1.82) is 0 Å². The molecule has 0 radical (unpaired) electrons. The third-order valence-electron chi connectivity index (χ3n) is 10.6. The first kappa shape index (κ1) is 21.8. The average molecular weight is 459 g/mol. The summed E-state index contributed by atoms with van der Waals surface area (Å²) in [7, 11) is 0. The predicted octanol–water partition coefficient (Wildman–Crippen LogP) is 2.91. The summed E-state index contributed by atoms with van der Waals surface area (Å²) in [6.07, 6.45) is 5.74. The molecule has 0 aromatic carbocycles. The Labute approximate surface area is 193 Å². The molecule has 7 heteroatoms. The molecule has 2 heterocycles. The fraction of sp³-hybridized carbons (Fsp3) is 0.769. The highest BCUT2D eigenvalue weighted by atomic mass is 16.7. The lowest BCUT2D eigenvalue weighted by molar-refractivity contribution is -0.224. The van der Waals surface area contributed by atoms with E-state index in [4.69, 9.17) is 13.9 Å². The Morgan fingerprint density at radius 2 is 1.82 bits per heavy atom. The largest absolute Gasteiger partial charge is 0.459 e. The molecule has 33 heavy (non-hydrogen) atoms. The minimum absolute atomic E-state index is 0.118. The maximum absolute atomic E-state index is 12.1. The van der Waals surface area contributed by atoms with Gasteiger partial charge < -0.3 is 24.1 Å². The summed E-state index contributed by atoms with van der Waals surface area (Å²) in [5.74, 6) is 0.0816. The Morgan fingerprint density at radius 1 is 1.09 bits per heavy atom. The summed E-state index contributed by atoms with van der Waals surface area (Å²) < 4.78 is 17.7. The van der Waals surface area contributed by atoms with Gasteiger partial charge in [0.2, 0.25) is 0 Å². The molecule has 1 aromatic heterocycles. The summed E-state index contributed by atoms with van der Waals surface area (Å²) in [5, 5.41) is 22.0. The number of aliphatic hydroxyl groups excluding tert-OH is 1. The van der Waals surface area contributed by atoms with E-state index in [9.17, 15) is 19.8 Å². The van der Waals surface area contributed by atoms with Gasteiger partial charge in [-0.15, -0.1) is 0 Å². The molecular formula is C26H34O7. The average Bonchev–Trinajstić information content (AvgIpc) is 3.45. The van der Waals surface area contributed by atoms with Gasteiger partial charge in [0.1, 0.15) is 17.8 Å². The highest BCUT2D eigenvalue weighted by Crippen LogP contribution is 2.78. The van der Waals surface area contributed by atoms with Gasteiger partial charge in [-0.25, -0.2) is 4.79 Å². The molecule has 1 aromatic rings. The standard InChI is InChI=1S/C26H34O7/c1-14(27)32-21-20(15-4-5-19(29)31-13-15)24(3)10-7-17-18(26(24)22(21)33-26)8-11-25(30)12-16(28)6-9-23(17,25)2/h4-5,13,16-18,20-22,28,30H,6-12H2,1-3H3/t16?,17-,18+,20?,21?,22?,23+,24+,25-,26+/m1/s1. The maximum Gasteiger partial charge on any atom is 0.335 e. The zero-order valence-corrected chi connectivity index (χ0v) is 19.6. The second-order valence-electron chi connectivity index (χ2n) is 11.8. The lowest BCUT2D eigenvalue weighted by Gasteiger charge is -2.63. The Balaban J connectivity index is 1.42. The molecule has 4 aliphatic carbocycles. The molecule has 5 aliphatic rings. The van der Waals surface area contributed by atoms with E-state index < -0.39 is 29.0 Å². The number of esters is 1. The monoisotopic (exact) mass is 458 g/mol. The molecule has 1 aliphatic heterocycles. The number of fused-ring (bicyclic) bond motifs is 3. The topological polar surface area (TPSA) is 110 Å². The van der Waals surface area contributed by atoms with Gasteiger partial charge in [0, 0.05) is 30.7 Å². The Bertz CT molecular complexity index is 1030. The smallest absolute Gasteiger partial charge is 0.335 e. The number of rotatable bonds is 2. The second-order valence-corrected chi connectivity index (χ2v) is 11.8. The third kappa shape index (κ3) is 2.62. The molecule has 0 bridgehead atoms. The minimum atomic E-state index is -0.850. The lowest BCUT2D eigenvalue weighted by Crippen LogP contribution is -2.65. The van der Waals surface area contributed by atoms with Crippen LogP contribution in [-0.4, -0.2) is 45.7 Å². The van der Waals surface area contributed by atoms with E-state index in [1.807, 2.05) is 0 Å². The van der Waals surface area contributed by atoms with Crippen LogP contribution in [0.3, 0.4) is 0 Å². The van der Waals surface area contributed by atoms with E-state index in [1.165, 1.54) is 19.3 Å². The first-order valence-corrected chi connectivity index (χ1v) is 12.4. The van der Waals surface area contributed by atoms with Crippen LogP contribution in [0.2, 0.25) is 0 Å². The highest BCUT2D eigenvalue weighted by Gasteiger charge is 2.85. The maximum atomic E-state index is 12.1. The lowest BCUT2D eigenvalue weighted by atomic mass is 9.42. The minimum Gasteiger partial charge on any atom is -0.459 e. The quantitative estimate of drug-likeness (QED) is 0.518. The molecule has 1 saturated heterocycles. The molecule has 6 rings (SSSR count). The van der Waals surface area contributed by atoms with E-state index in [0.29, 0.717) is 12.8 Å². The molecule has 4 unspecified atom stereocenters. The number of hydrogen-bond acceptors (Lipinski definition) is 7. The normalized spacial score (nSPS) is 52.2. The van der Waals surface area contributed by atoms with Gasteiger partial charge in [-0.3, -0.25) is 4.79 Å². The number of carbonyl (C=O) groups is 1. The number of hydrogen-bond donors (Lipinski definition) is 2. The van der Waals surface area contributed by atoms with Gasteiger partial charge in [-0.2, -0.15) is 0 Å². The van der Waals surface area contributed by atoms with Crippen molar-refractivity contribution in [3.63, 3.8) is 0 Å². The number of epoxide rings is 1. The van der Waals surface area contributed by atoms with Crippen LogP contribution in [0, 0.1) is 22.7 Å². The van der Waals surface area contributed by atoms with Crippen LogP contribution < -0.4 is 5.63 Å². The fourth-order valence-corrected chi connectivity index (χ4v) is 9.10. The zero-order valence-electron chi connectivity index (χ0n) is 19.6. The SMILES string of the molecule is CC(=O)OC1C(c2ccc(=O)oc2)[C@]2(C)CC[C@@H]3[C@H](CC[C@@]4(O)CC(O)CC[C@@]34C)[C@@]23OC13. The molecule has 10 atom stereocenters. The van der Waals surface area contributed by atoms with Crippen molar-refractivity contribution in [1.82, 2.24) is 0 Å². The number of ether oxygens (including phenoxy) is 2. The fourth-order valence-electron chi connectivity index (χ4n) is 9.10. The van der Waals surface area contributed by atoms with E-state index in [0.717, 1.165) is 37.7 Å². The summed E-state index contributed by atoms with van der Waals surface area (Å²) in [5.41, 5.74) is -1.34. The Morgan fingerprint density at radius 3 is 2.52 bits per heavy atom. The molecule has 1 spiro atoms. The highest BCUT2D eigenvalue weighted by molar-refractivity contribution is 5.66. The number of aliphatic hydroxyl groups is 2. The van der Waals surface area contributed by atoms with Crippen LogP contribution in [0.5, 0.6) is 0 Å². The van der Waals surface area contributed by atoms with Crippen molar-refractivity contribution in [2.45, 2.75) is 101 Å². The van der Waals surface area contributed by atoms with Crippen molar-refractivity contribution in [3.8, 4) is 0 Å². The number of carbonyl (C=O) groups excluding carboxylic acids is 1. The molecular weight excluding hydrogens is 424 g/mol. The van der Waals surface area contributed by atoms with Gasteiger partial charge in [-0.05, 0) is 67.4 Å². The second kappa shape index (κ2) is 6.70. The van der Waals surface area contributed by atoms with Crippen LogP contribution >= 0.6 is 0 Å². The van der Waals surface area contributed by atoms with Crippen molar-refractivity contribution < 1.29 is 28.9 Å². The summed E-state index contributed by atoms with van der Waals surface area (Å²) >= 11 is 0. The van der Waals surface area contributed by atoms with E-state index in [-0.39, 0.29) is 40.7 Å². The molecule has 2 N–H and O–H groups in total. The Hall–Kier alpha value is -1.70. The molecule has 5 fully saturated rings. The van der Waals surface area contributed by atoms with Crippen molar-refractivity contribution in [2.24, 2.45) is 22.7 Å². The van der Waals surface area contributed by atoms with Crippen LogP contribution in [0.4, 0.5) is 0 Å². The first-order chi connectivity index (χ1) is 15.6. The van der Waals surface area contributed by atoms with Gasteiger partial charge in [0.15, 0.2) is 0 Å². The van der Waals surface area contributed by atoms with Crippen molar-refractivity contribution in [3.05, 3.63) is 34.4 Å². The van der Waals surface area contributed by atoms with E-state index >= 15 is 0 Å². The molecule has 0 amide bonds. The summed E-state index contributed by atoms with van der Waals surface area (Å²) in [4.78, 5) is 23.7. The van der Waals surface area contributed by atoms with Gasteiger partial charge >= 0.3 is 11.6 Å². The molecule has 4 saturated carbocycles. The zero-order chi connectivity index (χ0) is 23.4. The van der Waals surface area contributed by atoms with E-state index in [2.05, 4.69) is 13.8 Å². The van der Waals surface area contributed by atoms with Crippen molar-refractivity contribution >= 4 is 5.97 Å².